The Morgan fingerprint density at radius 3 is 2.50 bits per heavy atom. The first-order valence-corrected chi connectivity index (χ1v) is 6.27. The molecule has 0 aliphatic rings. The van der Waals surface area contributed by atoms with Crippen molar-refractivity contribution in [3.63, 3.8) is 0 Å². The number of nitrogens with one attached hydrogen (secondary N) is 2. The van der Waals surface area contributed by atoms with Crippen molar-refractivity contribution in [1.82, 2.24) is 10.3 Å². The van der Waals surface area contributed by atoms with E-state index in [1.54, 1.807) is 17.5 Å². The lowest BCUT2D eigenvalue weighted by Gasteiger charge is -2.05. The normalized spacial score (nSPS) is 11.1. The highest BCUT2D eigenvalue weighted by atomic mass is 32.1. The highest BCUT2D eigenvalue weighted by molar-refractivity contribution is 7.07. The molecule has 1 aromatic carbocycles. The fourth-order valence-corrected chi connectivity index (χ4v) is 2.10. The first-order chi connectivity index (χ1) is 8.65. The van der Waals surface area contributed by atoms with Crippen LogP contribution >= 0.6 is 11.3 Å². The molecule has 0 saturated heterocycles. The predicted molar refractivity (Wildman–Crippen MR) is 66.9 cm³/mol. The molecule has 1 heterocycles. The highest BCUT2D eigenvalue weighted by Gasteiger charge is 2.05. The van der Waals surface area contributed by atoms with Crippen LogP contribution in [-0.4, -0.2) is 4.98 Å². The van der Waals surface area contributed by atoms with Gasteiger partial charge in [-0.3, -0.25) is 4.79 Å². The van der Waals surface area contributed by atoms with Crippen LogP contribution in [0.25, 0.3) is 0 Å². The van der Waals surface area contributed by atoms with Crippen molar-refractivity contribution in [1.29, 1.82) is 0 Å². The molecule has 0 unspecified atom stereocenters. The maximum atomic E-state index is 12.3. The third kappa shape index (κ3) is 3.48. The van der Waals surface area contributed by atoms with E-state index in [9.17, 15) is 13.6 Å². The van der Waals surface area contributed by atoms with E-state index in [2.05, 4.69) is 10.3 Å². The van der Waals surface area contributed by atoms with Gasteiger partial charge in [-0.05, 0) is 5.56 Å². The van der Waals surface area contributed by atoms with Gasteiger partial charge < -0.3 is 10.3 Å². The molecule has 6 heteroatoms. The van der Waals surface area contributed by atoms with Crippen molar-refractivity contribution in [2.24, 2.45) is 0 Å². The molecule has 0 spiro atoms. The molecule has 2 aromatic rings. The first-order valence-electron chi connectivity index (χ1n) is 5.39. The van der Waals surface area contributed by atoms with Crippen molar-refractivity contribution in [2.45, 2.75) is 19.5 Å². The van der Waals surface area contributed by atoms with Gasteiger partial charge in [-0.25, -0.2) is 8.78 Å². The number of rotatable bonds is 5. The molecule has 0 bridgehead atoms. The summed E-state index contributed by atoms with van der Waals surface area (Å²) in [6, 6.07) is 6.19. The summed E-state index contributed by atoms with van der Waals surface area (Å²) in [5.74, 6) is 0. The zero-order valence-electron chi connectivity index (χ0n) is 9.45. The maximum Gasteiger partial charge on any atom is 0.304 e. The SMILES string of the molecule is O=c1[nH]c(CNCc2ccc(C(F)F)cc2)cs1. The Labute approximate surface area is 106 Å². The van der Waals surface area contributed by atoms with Crippen LogP contribution in [-0.2, 0) is 13.1 Å². The van der Waals surface area contributed by atoms with E-state index < -0.39 is 6.43 Å². The Kier molecular flexibility index (Phi) is 4.22. The van der Waals surface area contributed by atoms with Crippen molar-refractivity contribution in [2.75, 3.05) is 0 Å². The number of hydrogen-bond acceptors (Lipinski definition) is 3. The van der Waals surface area contributed by atoms with Gasteiger partial charge in [0.2, 0.25) is 0 Å². The lowest BCUT2D eigenvalue weighted by molar-refractivity contribution is 0.151. The second-order valence-corrected chi connectivity index (χ2v) is 4.66. The molecule has 18 heavy (non-hydrogen) atoms. The Morgan fingerprint density at radius 2 is 1.94 bits per heavy atom. The number of thiazole rings is 1. The van der Waals surface area contributed by atoms with Crippen LogP contribution in [0.1, 0.15) is 23.2 Å². The monoisotopic (exact) mass is 270 g/mol. The molecule has 0 aliphatic carbocycles. The fourth-order valence-electron chi connectivity index (χ4n) is 1.52. The quantitative estimate of drug-likeness (QED) is 0.877. The van der Waals surface area contributed by atoms with Gasteiger partial charge in [0.25, 0.3) is 6.43 Å². The molecule has 0 amide bonds. The number of aromatic nitrogens is 1. The summed E-state index contributed by atoms with van der Waals surface area (Å²) in [5, 5.41) is 4.89. The summed E-state index contributed by atoms with van der Waals surface area (Å²) >= 11 is 1.12. The number of halogens is 2. The largest absolute Gasteiger partial charge is 0.315 e. The zero-order valence-corrected chi connectivity index (χ0v) is 10.3. The summed E-state index contributed by atoms with van der Waals surface area (Å²) in [6.07, 6.45) is -2.43. The summed E-state index contributed by atoms with van der Waals surface area (Å²) in [7, 11) is 0. The molecule has 0 aliphatic heterocycles. The number of benzene rings is 1. The summed E-state index contributed by atoms with van der Waals surface area (Å²) in [5.41, 5.74) is 1.78. The average Bonchev–Trinajstić information content (AvgIpc) is 2.76. The smallest absolute Gasteiger partial charge is 0.304 e. The lowest BCUT2D eigenvalue weighted by atomic mass is 10.1. The van der Waals surface area contributed by atoms with Crippen molar-refractivity contribution >= 4 is 11.3 Å². The van der Waals surface area contributed by atoms with Gasteiger partial charge in [0, 0.05) is 29.7 Å². The highest BCUT2D eigenvalue weighted by Crippen LogP contribution is 2.18. The zero-order chi connectivity index (χ0) is 13.0. The van der Waals surface area contributed by atoms with Gasteiger partial charge in [0.1, 0.15) is 0 Å². The van der Waals surface area contributed by atoms with Crippen LogP contribution in [0.4, 0.5) is 8.78 Å². The maximum absolute atomic E-state index is 12.3. The number of alkyl halides is 2. The first kappa shape index (κ1) is 12.9. The molecular weight excluding hydrogens is 258 g/mol. The average molecular weight is 270 g/mol. The lowest BCUT2D eigenvalue weighted by Crippen LogP contribution is -2.13. The predicted octanol–water partition coefficient (Wildman–Crippen LogP) is 2.66. The van der Waals surface area contributed by atoms with E-state index in [1.807, 2.05) is 0 Å². The van der Waals surface area contributed by atoms with Gasteiger partial charge in [0.15, 0.2) is 0 Å². The van der Waals surface area contributed by atoms with Crippen LogP contribution in [0, 0.1) is 0 Å². The van der Waals surface area contributed by atoms with Crippen LogP contribution < -0.4 is 10.2 Å². The van der Waals surface area contributed by atoms with Gasteiger partial charge in [-0.1, -0.05) is 35.6 Å². The molecule has 2 rings (SSSR count). The standard InChI is InChI=1S/C12H12F2N2OS/c13-11(14)9-3-1-8(2-4-9)5-15-6-10-7-18-12(17)16-10/h1-4,7,11,15H,5-6H2,(H,16,17). The molecule has 96 valence electrons. The minimum atomic E-state index is -2.43. The van der Waals surface area contributed by atoms with E-state index in [4.69, 9.17) is 0 Å². The molecule has 1 aromatic heterocycles. The minimum Gasteiger partial charge on any atom is -0.315 e. The van der Waals surface area contributed by atoms with Crippen molar-refractivity contribution < 1.29 is 8.78 Å². The summed E-state index contributed by atoms with van der Waals surface area (Å²) in [6.45, 7) is 1.12. The van der Waals surface area contributed by atoms with Gasteiger partial charge in [0.05, 0.1) is 0 Å². The molecule has 0 atom stereocenters. The molecule has 0 radical (unpaired) electrons. The van der Waals surface area contributed by atoms with Crippen molar-refractivity contribution in [3.05, 3.63) is 56.1 Å². The van der Waals surface area contributed by atoms with E-state index in [1.165, 1.54) is 12.1 Å². The number of H-pyrrole nitrogens is 1. The van der Waals surface area contributed by atoms with Crippen LogP contribution in [0.2, 0.25) is 0 Å². The molecule has 2 N–H and O–H groups in total. The number of hydrogen-bond donors (Lipinski definition) is 2. The Bertz CT molecular complexity index is 548. The van der Waals surface area contributed by atoms with Crippen LogP contribution in [0.3, 0.4) is 0 Å². The summed E-state index contributed by atoms with van der Waals surface area (Å²) in [4.78, 5) is 13.5. The molecule has 0 fully saturated rings. The third-order valence-electron chi connectivity index (χ3n) is 2.45. The van der Waals surface area contributed by atoms with E-state index in [0.717, 1.165) is 22.6 Å². The second kappa shape index (κ2) is 5.88. The van der Waals surface area contributed by atoms with E-state index in [0.29, 0.717) is 13.1 Å². The Balaban J connectivity index is 1.85. The van der Waals surface area contributed by atoms with Crippen molar-refractivity contribution in [3.8, 4) is 0 Å². The van der Waals surface area contributed by atoms with Gasteiger partial charge in [-0.15, -0.1) is 0 Å². The Morgan fingerprint density at radius 1 is 1.22 bits per heavy atom. The van der Waals surface area contributed by atoms with E-state index >= 15 is 0 Å². The molecule has 3 nitrogen and oxygen atoms in total. The Hall–Kier alpha value is -1.53. The summed E-state index contributed by atoms with van der Waals surface area (Å²) < 4.78 is 24.7. The van der Waals surface area contributed by atoms with Crippen LogP contribution in [0.5, 0.6) is 0 Å². The van der Waals surface area contributed by atoms with Crippen LogP contribution in [0.15, 0.2) is 34.4 Å². The minimum absolute atomic E-state index is 0.0286. The molecular formula is C12H12F2N2OS. The van der Waals surface area contributed by atoms with Gasteiger partial charge in [-0.2, -0.15) is 0 Å². The fraction of sp³-hybridized carbons (Fsp3) is 0.250. The molecule has 0 saturated carbocycles. The van der Waals surface area contributed by atoms with E-state index in [-0.39, 0.29) is 10.4 Å². The topological polar surface area (TPSA) is 44.9 Å². The number of aromatic amines is 1. The van der Waals surface area contributed by atoms with Gasteiger partial charge >= 0.3 is 4.87 Å². The third-order valence-corrected chi connectivity index (χ3v) is 3.17. The second-order valence-electron chi connectivity index (χ2n) is 3.82.